The molecular formula is C13H16ClN2O2S+. The van der Waals surface area contributed by atoms with Crippen molar-refractivity contribution in [1.82, 2.24) is 0 Å². The highest BCUT2D eigenvalue weighted by molar-refractivity contribution is 7.09. The van der Waals surface area contributed by atoms with Gasteiger partial charge in [0.2, 0.25) is 5.01 Å². The van der Waals surface area contributed by atoms with Crippen LogP contribution in [-0.4, -0.2) is 11.1 Å². The number of halogens is 1. The summed E-state index contributed by atoms with van der Waals surface area (Å²) in [7, 11) is 0. The van der Waals surface area contributed by atoms with Gasteiger partial charge in [-0.25, -0.2) is 4.79 Å². The van der Waals surface area contributed by atoms with E-state index < -0.39 is 5.97 Å². The summed E-state index contributed by atoms with van der Waals surface area (Å²) < 4.78 is 0. The predicted octanol–water partition coefficient (Wildman–Crippen LogP) is -1.54. The fourth-order valence-corrected chi connectivity index (χ4v) is 2.74. The number of rotatable bonds is 3. The summed E-state index contributed by atoms with van der Waals surface area (Å²) in [6, 6.07) is 7.97. The van der Waals surface area contributed by atoms with Crippen molar-refractivity contribution in [3.8, 4) is 0 Å². The smallest absolute Gasteiger partial charge is 0.402 e. The van der Waals surface area contributed by atoms with Crippen LogP contribution in [0.5, 0.6) is 0 Å². The number of aromatic amines is 1. The lowest BCUT2D eigenvalue weighted by Gasteiger charge is -2.18. The first kappa shape index (κ1) is 15.6. The van der Waals surface area contributed by atoms with Gasteiger partial charge in [-0.1, -0.05) is 23.5 Å². The molecule has 0 spiro atoms. The van der Waals surface area contributed by atoms with Crippen molar-refractivity contribution in [2.75, 3.05) is 0 Å². The minimum Gasteiger partial charge on any atom is -1.00 e. The number of aromatic nitrogens is 1. The van der Waals surface area contributed by atoms with Crippen molar-refractivity contribution in [3.05, 3.63) is 45.9 Å². The van der Waals surface area contributed by atoms with E-state index in [4.69, 9.17) is 5.11 Å². The Hall–Kier alpha value is -1.43. The Morgan fingerprint density at radius 3 is 2.37 bits per heavy atom. The highest BCUT2D eigenvalue weighted by Gasteiger charge is 2.33. The van der Waals surface area contributed by atoms with Crippen LogP contribution in [0.1, 0.15) is 34.9 Å². The Bertz CT molecular complexity index is 579. The second kappa shape index (κ2) is 5.69. The second-order valence-corrected chi connectivity index (χ2v) is 5.61. The third-order valence-corrected chi connectivity index (χ3v) is 4.22. The number of benzene rings is 1. The van der Waals surface area contributed by atoms with Crippen LogP contribution in [0.3, 0.4) is 0 Å². The molecule has 0 saturated carbocycles. The molecule has 19 heavy (non-hydrogen) atoms. The molecule has 2 rings (SSSR count). The van der Waals surface area contributed by atoms with Gasteiger partial charge in [0.25, 0.3) is 5.69 Å². The molecule has 0 aliphatic carbocycles. The number of hydrogen-bond acceptors (Lipinski definition) is 2. The van der Waals surface area contributed by atoms with Gasteiger partial charge >= 0.3 is 5.97 Å². The third kappa shape index (κ3) is 3.12. The molecule has 0 atom stereocenters. The first-order valence-electron chi connectivity index (χ1n) is 5.58. The molecular weight excluding hydrogens is 284 g/mol. The van der Waals surface area contributed by atoms with Gasteiger partial charge in [-0.15, -0.1) is 0 Å². The predicted molar refractivity (Wildman–Crippen MR) is 69.0 cm³/mol. The summed E-state index contributed by atoms with van der Waals surface area (Å²) in [4.78, 5) is 13.9. The zero-order valence-electron chi connectivity index (χ0n) is 10.7. The van der Waals surface area contributed by atoms with E-state index in [2.05, 4.69) is 24.6 Å². The number of carboxylic acids is 1. The topological polar surface area (TPSA) is 79.1 Å². The van der Waals surface area contributed by atoms with Gasteiger partial charge in [0, 0.05) is 0 Å². The number of carboxylic acid groups (broad SMARTS) is 1. The van der Waals surface area contributed by atoms with Crippen LogP contribution in [-0.2, 0) is 5.41 Å². The maximum absolute atomic E-state index is 10.9. The standard InChI is InChI=1S/C13H14N2O2S.ClH/c1-13(2,8-3-5-9(14)6-4-8)12-15-10(7-18-12)11(16)17;/h3-7H,14H2,1-2H3,(H,16,17);1H/p+1. The minimum atomic E-state index is -0.929. The van der Waals surface area contributed by atoms with E-state index in [-0.39, 0.29) is 23.5 Å². The molecule has 0 bridgehead atoms. The molecule has 0 aliphatic rings. The van der Waals surface area contributed by atoms with Crippen LogP contribution >= 0.6 is 11.3 Å². The molecule has 1 aromatic carbocycles. The number of thiazole rings is 1. The Balaban J connectivity index is 0.00000180. The molecule has 0 unspecified atom stereocenters. The lowest BCUT2D eigenvalue weighted by molar-refractivity contribution is -0.392. The van der Waals surface area contributed by atoms with Gasteiger partial charge in [0.15, 0.2) is 0 Å². The fourth-order valence-electron chi connectivity index (χ4n) is 1.76. The fraction of sp³-hybridized carbons (Fsp3) is 0.231. The van der Waals surface area contributed by atoms with E-state index in [1.807, 2.05) is 24.3 Å². The average molecular weight is 300 g/mol. The van der Waals surface area contributed by atoms with Crippen LogP contribution in [0.15, 0.2) is 29.6 Å². The van der Waals surface area contributed by atoms with E-state index in [1.54, 1.807) is 5.38 Å². The van der Waals surface area contributed by atoms with Gasteiger partial charge in [-0.3, -0.25) is 0 Å². The molecule has 102 valence electrons. The van der Waals surface area contributed by atoms with Crippen molar-refractivity contribution < 1.29 is 33.0 Å². The van der Waals surface area contributed by atoms with Crippen LogP contribution < -0.4 is 23.1 Å². The maximum Gasteiger partial charge on any atom is 0.402 e. The largest absolute Gasteiger partial charge is 1.00 e. The van der Waals surface area contributed by atoms with E-state index >= 15 is 0 Å². The lowest BCUT2D eigenvalue weighted by atomic mass is 9.85. The van der Waals surface area contributed by atoms with Crippen LogP contribution in [0.4, 0.5) is 5.69 Å². The average Bonchev–Trinajstić information content (AvgIpc) is 2.79. The number of hydrogen-bond donors (Lipinski definition) is 2. The van der Waals surface area contributed by atoms with Crippen molar-refractivity contribution in [2.24, 2.45) is 0 Å². The first-order valence-corrected chi connectivity index (χ1v) is 6.46. The Kier molecular flexibility index (Phi) is 4.68. The molecule has 4 nitrogen and oxygen atoms in total. The second-order valence-electron chi connectivity index (χ2n) is 4.73. The Labute approximate surface area is 121 Å². The van der Waals surface area contributed by atoms with Crippen molar-refractivity contribution in [2.45, 2.75) is 19.3 Å². The molecule has 0 aliphatic heterocycles. The molecule has 6 heteroatoms. The van der Waals surface area contributed by atoms with E-state index in [1.165, 1.54) is 11.3 Å². The van der Waals surface area contributed by atoms with Crippen molar-refractivity contribution in [3.63, 3.8) is 0 Å². The number of quaternary nitrogens is 1. The Morgan fingerprint density at radius 2 is 1.89 bits per heavy atom. The lowest BCUT2D eigenvalue weighted by Crippen LogP contribution is -3.00. The number of H-pyrrole nitrogens is 1. The molecule has 2 aromatic rings. The van der Waals surface area contributed by atoms with Crippen LogP contribution in [0, 0.1) is 0 Å². The summed E-state index contributed by atoms with van der Waals surface area (Å²) in [5, 5.41) is 11.5. The summed E-state index contributed by atoms with van der Waals surface area (Å²) in [6.07, 6.45) is 0. The SMILES string of the molecule is CC(C)(c1ccc([NH3+])cc1)c1[nH+]c(C(=O)O)cs1.[Cl-]. The summed E-state index contributed by atoms with van der Waals surface area (Å²) >= 11 is 1.43. The molecule has 5 N–H and O–H groups in total. The quantitative estimate of drug-likeness (QED) is 0.721. The summed E-state index contributed by atoms with van der Waals surface area (Å²) in [5.41, 5.74) is 5.95. The van der Waals surface area contributed by atoms with Crippen LogP contribution in [0.25, 0.3) is 0 Å². The van der Waals surface area contributed by atoms with E-state index in [9.17, 15) is 4.79 Å². The minimum absolute atomic E-state index is 0. The molecule has 0 amide bonds. The molecule has 1 aromatic heterocycles. The maximum atomic E-state index is 10.9. The molecule has 0 radical (unpaired) electrons. The van der Waals surface area contributed by atoms with Gasteiger partial charge in [0.1, 0.15) is 5.69 Å². The van der Waals surface area contributed by atoms with Gasteiger partial charge < -0.3 is 23.2 Å². The van der Waals surface area contributed by atoms with Crippen molar-refractivity contribution >= 4 is 23.0 Å². The van der Waals surface area contributed by atoms with Gasteiger partial charge in [-0.05, 0) is 31.5 Å². The normalized spacial score (nSPS) is 10.9. The van der Waals surface area contributed by atoms with E-state index in [0.717, 1.165) is 16.3 Å². The number of nitrogens with one attached hydrogen (secondary N) is 1. The molecule has 0 fully saturated rings. The number of aromatic carboxylic acids is 1. The highest BCUT2D eigenvalue weighted by Crippen LogP contribution is 2.31. The molecule has 1 heterocycles. The van der Waals surface area contributed by atoms with Gasteiger partial charge in [0.05, 0.1) is 10.8 Å². The monoisotopic (exact) mass is 299 g/mol. The third-order valence-electron chi connectivity index (χ3n) is 3.02. The zero-order valence-corrected chi connectivity index (χ0v) is 12.3. The number of carbonyl (C=O) groups is 1. The van der Waals surface area contributed by atoms with Crippen LogP contribution in [0.2, 0.25) is 0 Å². The van der Waals surface area contributed by atoms with E-state index in [0.29, 0.717) is 0 Å². The van der Waals surface area contributed by atoms with Gasteiger partial charge in [-0.2, -0.15) is 4.98 Å². The van der Waals surface area contributed by atoms with Crippen molar-refractivity contribution in [1.29, 1.82) is 0 Å². The summed E-state index contributed by atoms with van der Waals surface area (Å²) in [5.74, 6) is -0.929. The first-order chi connectivity index (χ1) is 8.41. The molecule has 0 saturated heterocycles. The zero-order chi connectivity index (χ0) is 13.3. The Morgan fingerprint density at radius 1 is 1.32 bits per heavy atom. The summed E-state index contributed by atoms with van der Waals surface area (Å²) in [6.45, 7) is 4.14. The highest BCUT2D eigenvalue weighted by atomic mass is 35.5.